The van der Waals surface area contributed by atoms with Crippen LogP contribution < -0.4 is 21.4 Å². The highest BCUT2D eigenvalue weighted by Crippen LogP contribution is 2.30. The fourth-order valence-electron chi connectivity index (χ4n) is 5.40. The number of aliphatic hydroxyl groups is 1. The molecule has 0 radical (unpaired) electrons. The molecular weight excluding hydrogens is 648 g/mol. The van der Waals surface area contributed by atoms with Crippen molar-refractivity contribution in [1.82, 2.24) is 15.4 Å². The first-order valence-electron chi connectivity index (χ1n) is 16.8. The average molecular weight is 691 g/mol. The van der Waals surface area contributed by atoms with Crippen molar-refractivity contribution in [2.75, 3.05) is 16.0 Å². The molecule has 4 amide bonds. The fourth-order valence-corrected chi connectivity index (χ4v) is 5.40. The number of nitrogens with zero attached hydrogens (tertiary/aromatic N) is 2. The van der Waals surface area contributed by atoms with Gasteiger partial charge in [-0.2, -0.15) is 0 Å². The number of anilines is 3. The largest absolute Gasteiger partial charge is 0.368 e. The molecule has 0 atom stereocenters. The van der Waals surface area contributed by atoms with Crippen LogP contribution in [-0.2, 0) is 29.6 Å². The van der Waals surface area contributed by atoms with E-state index in [4.69, 9.17) is 4.84 Å². The highest BCUT2D eigenvalue weighted by atomic mass is 16.7. The molecule has 264 valence electrons. The number of carbonyl (C=O) groups excluding carboxylic acids is 4. The van der Waals surface area contributed by atoms with Gasteiger partial charge in [-0.25, -0.2) is 5.48 Å². The molecule has 5 N–H and O–H groups in total. The normalized spacial score (nSPS) is 11.6. The summed E-state index contributed by atoms with van der Waals surface area (Å²) >= 11 is 0. The van der Waals surface area contributed by atoms with Crippen molar-refractivity contribution in [3.05, 3.63) is 103 Å². The van der Waals surface area contributed by atoms with Crippen molar-refractivity contribution in [3.63, 3.8) is 0 Å². The molecule has 12 nitrogen and oxygen atoms in total. The number of hydrogen-bond donors (Lipinski definition) is 5. The van der Waals surface area contributed by atoms with E-state index in [1.807, 2.05) is 45.0 Å². The van der Waals surface area contributed by atoms with Crippen LogP contribution in [0.2, 0.25) is 0 Å². The minimum absolute atomic E-state index is 0.0196. The van der Waals surface area contributed by atoms with Crippen LogP contribution >= 0.6 is 0 Å². The van der Waals surface area contributed by atoms with Crippen LogP contribution in [0.4, 0.5) is 17.1 Å². The Bertz CT molecular complexity index is 1920. The standard InChI is InChI=1S/C39H42N6O6/c1-38(2,3)51-45-33(47)19-7-5-4-6-18-32(46)42-29-22-20-28(21-23-29)39(50,36(48)43-30-16-8-12-26-14-10-24-40-34(26)30)37(49)44-31-17-9-13-27-15-11-25-41-35(27)31/h8-17,20-25,50H,4-7,18-19H2,1-3H3,(H,42,46)(H,43,48)(H,44,49)(H,45,47). The van der Waals surface area contributed by atoms with Crippen LogP contribution in [0.5, 0.6) is 0 Å². The van der Waals surface area contributed by atoms with Gasteiger partial charge in [-0.15, -0.1) is 0 Å². The summed E-state index contributed by atoms with van der Waals surface area (Å²) in [6, 6.07) is 23.5. The molecule has 12 heteroatoms. The fraction of sp³-hybridized carbons (Fsp3) is 0.282. The van der Waals surface area contributed by atoms with Crippen molar-refractivity contribution in [2.24, 2.45) is 0 Å². The van der Waals surface area contributed by atoms with Crippen LogP contribution in [0.15, 0.2) is 97.3 Å². The third-order valence-electron chi connectivity index (χ3n) is 8.03. The number of para-hydroxylation sites is 2. The lowest BCUT2D eigenvalue weighted by molar-refractivity contribution is -0.148. The number of pyridine rings is 2. The number of nitrogens with one attached hydrogen (secondary N) is 4. The lowest BCUT2D eigenvalue weighted by Gasteiger charge is -2.27. The second kappa shape index (κ2) is 16.3. The number of hydrogen-bond acceptors (Lipinski definition) is 8. The SMILES string of the molecule is CC(C)(C)ONC(=O)CCCCCCC(=O)Nc1ccc(C(O)(C(=O)Nc2cccc3cccnc23)C(=O)Nc2cccc3cccnc23)cc1. The minimum atomic E-state index is -2.70. The maximum atomic E-state index is 14.0. The summed E-state index contributed by atoms with van der Waals surface area (Å²) in [7, 11) is 0. The molecule has 0 saturated carbocycles. The van der Waals surface area contributed by atoms with Gasteiger partial charge in [0, 0.05) is 47.3 Å². The first-order valence-corrected chi connectivity index (χ1v) is 16.8. The Morgan fingerprint density at radius 3 is 1.63 bits per heavy atom. The predicted molar refractivity (Wildman–Crippen MR) is 196 cm³/mol. The summed E-state index contributed by atoms with van der Waals surface area (Å²) in [4.78, 5) is 66.5. The number of rotatable bonds is 14. The van der Waals surface area contributed by atoms with E-state index in [0.717, 1.165) is 23.6 Å². The van der Waals surface area contributed by atoms with E-state index in [1.54, 1.807) is 48.8 Å². The van der Waals surface area contributed by atoms with Crippen molar-refractivity contribution in [1.29, 1.82) is 0 Å². The molecule has 0 unspecified atom stereocenters. The van der Waals surface area contributed by atoms with Gasteiger partial charge in [0.15, 0.2) is 0 Å². The molecule has 5 rings (SSSR count). The Kier molecular flexibility index (Phi) is 11.7. The third-order valence-corrected chi connectivity index (χ3v) is 8.03. The van der Waals surface area contributed by atoms with E-state index in [2.05, 4.69) is 31.4 Å². The van der Waals surface area contributed by atoms with E-state index in [0.29, 0.717) is 47.4 Å². The van der Waals surface area contributed by atoms with Gasteiger partial charge in [0.25, 0.3) is 11.8 Å². The maximum Gasteiger partial charge on any atom is 0.271 e. The van der Waals surface area contributed by atoms with E-state index in [9.17, 15) is 24.3 Å². The van der Waals surface area contributed by atoms with Gasteiger partial charge >= 0.3 is 0 Å². The average Bonchev–Trinajstić information content (AvgIpc) is 3.12. The summed E-state index contributed by atoms with van der Waals surface area (Å²) in [5, 5.41) is 21.8. The van der Waals surface area contributed by atoms with E-state index in [-0.39, 0.29) is 23.8 Å². The zero-order valence-electron chi connectivity index (χ0n) is 28.9. The van der Waals surface area contributed by atoms with Gasteiger partial charge in [0.2, 0.25) is 17.4 Å². The molecule has 0 fully saturated rings. The molecule has 0 aliphatic rings. The second-order valence-electron chi connectivity index (χ2n) is 13.2. The third kappa shape index (κ3) is 9.50. The summed E-state index contributed by atoms with van der Waals surface area (Å²) in [5.41, 5.74) is 1.31. The van der Waals surface area contributed by atoms with Crippen LogP contribution in [0.25, 0.3) is 21.8 Å². The summed E-state index contributed by atoms with van der Waals surface area (Å²) in [6.07, 6.45) is 6.67. The van der Waals surface area contributed by atoms with E-state index in [1.165, 1.54) is 24.3 Å². The van der Waals surface area contributed by atoms with Gasteiger partial charge in [-0.05, 0) is 70.0 Å². The first-order chi connectivity index (χ1) is 24.4. The van der Waals surface area contributed by atoms with Gasteiger partial charge in [-0.1, -0.05) is 61.4 Å². The van der Waals surface area contributed by atoms with Gasteiger partial charge in [-0.3, -0.25) is 34.0 Å². The van der Waals surface area contributed by atoms with E-state index >= 15 is 0 Å². The highest BCUT2D eigenvalue weighted by Gasteiger charge is 2.46. The molecule has 51 heavy (non-hydrogen) atoms. The van der Waals surface area contributed by atoms with Crippen LogP contribution in [0, 0.1) is 0 Å². The summed E-state index contributed by atoms with van der Waals surface area (Å²) in [6.45, 7) is 5.55. The number of hydroxylamine groups is 1. The Morgan fingerprint density at radius 1 is 0.627 bits per heavy atom. The van der Waals surface area contributed by atoms with Crippen molar-refractivity contribution in [3.8, 4) is 0 Å². The molecule has 2 aromatic heterocycles. The number of aromatic nitrogens is 2. The lowest BCUT2D eigenvalue weighted by atomic mass is 9.91. The predicted octanol–water partition coefficient (Wildman–Crippen LogP) is 6.37. The van der Waals surface area contributed by atoms with Gasteiger partial charge < -0.3 is 21.1 Å². The molecule has 5 aromatic rings. The van der Waals surface area contributed by atoms with Crippen molar-refractivity contribution >= 4 is 62.5 Å². The molecule has 0 spiro atoms. The second-order valence-corrected chi connectivity index (χ2v) is 13.2. The summed E-state index contributed by atoms with van der Waals surface area (Å²) < 4.78 is 0. The molecule has 3 aromatic carbocycles. The molecule has 2 heterocycles. The first kappa shape index (κ1) is 36.6. The number of fused-ring (bicyclic) bond motifs is 2. The number of unbranched alkanes of at least 4 members (excludes halogenated alkanes) is 3. The Balaban J connectivity index is 1.26. The van der Waals surface area contributed by atoms with Crippen molar-refractivity contribution < 1.29 is 29.1 Å². The number of carbonyl (C=O) groups is 4. The van der Waals surface area contributed by atoms with Crippen molar-refractivity contribution in [2.45, 2.75) is 70.5 Å². The van der Waals surface area contributed by atoms with Gasteiger partial charge in [0.1, 0.15) is 0 Å². The molecule has 0 bridgehead atoms. The Morgan fingerprint density at radius 2 is 1.12 bits per heavy atom. The topological polar surface area (TPSA) is 172 Å². The highest BCUT2D eigenvalue weighted by molar-refractivity contribution is 6.19. The molecule has 0 aliphatic carbocycles. The maximum absolute atomic E-state index is 14.0. The summed E-state index contributed by atoms with van der Waals surface area (Å²) in [5.74, 6) is -2.38. The number of benzene rings is 3. The van der Waals surface area contributed by atoms with Crippen LogP contribution in [-0.4, -0.2) is 44.3 Å². The van der Waals surface area contributed by atoms with Crippen LogP contribution in [0.3, 0.4) is 0 Å². The zero-order chi connectivity index (χ0) is 36.4. The molecule has 0 saturated heterocycles. The molecular formula is C39H42N6O6. The minimum Gasteiger partial charge on any atom is -0.368 e. The smallest absolute Gasteiger partial charge is 0.271 e. The number of amides is 4. The Hall–Kier alpha value is -5.72. The quantitative estimate of drug-likeness (QED) is 0.0508. The van der Waals surface area contributed by atoms with Crippen LogP contribution in [0.1, 0.15) is 64.9 Å². The lowest BCUT2D eigenvalue weighted by Crippen LogP contribution is -2.50. The van der Waals surface area contributed by atoms with Gasteiger partial charge in [0.05, 0.1) is 28.0 Å². The zero-order valence-corrected chi connectivity index (χ0v) is 28.9. The monoisotopic (exact) mass is 690 g/mol. The Labute approximate surface area is 296 Å². The molecule has 0 aliphatic heterocycles. The van der Waals surface area contributed by atoms with E-state index < -0.39 is 23.0 Å².